The second-order valence-electron chi connectivity index (χ2n) is 3.51. The second kappa shape index (κ2) is 4.77. The number of halogens is 1. The Balaban J connectivity index is 2.49. The van der Waals surface area contributed by atoms with Crippen LogP contribution in [0.3, 0.4) is 0 Å². The fraction of sp³-hybridized carbons (Fsp3) is 0.778. The molecule has 2 unspecified atom stereocenters. The fourth-order valence-corrected chi connectivity index (χ4v) is 2.05. The van der Waals surface area contributed by atoms with Crippen LogP contribution in [0, 0.1) is 0 Å². The average molecular weight is 263 g/mol. The molecule has 0 spiro atoms. The van der Waals surface area contributed by atoms with Crippen LogP contribution in [0.15, 0.2) is 0 Å². The average Bonchev–Trinajstić information content (AvgIpc) is 2.47. The Morgan fingerprint density at radius 2 is 2.43 bits per heavy atom. The Hall–Kier alpha value is -0.580. The molecular formula is C9H15BrN2O2. The first-order valence-corrected chi connectivity index (χ1v) is 5.63. The van der Waals surface area contributed by atoms with Crippen LogP contribution in [0.2, 0.25) is 0 Å². The lowest BCUT2D eigenvalue weighted by Gasteiger charge is -2.23. The Morgan fingerprint density at radius 3 is 2.86 bits per heavy atom. The largest absolute Gasteiger partial charge is 0.359 e. The van der Waals surface area contributed by atoms with Gasteiger partial charge in [0.05, 0.1) is 4.83 Å². The van der Waals surface area contributed by atoms with Crippen LogP contribution < -0.4 is 5.32 Å². The summed E-state index contributed by atoms with van der Waals surface area (Å²) in [5.74, 6) is 0.0738. The minimum absolute atomic E-state index is 0.00926. The van der Waals surface area contributed by atoms with Crippen molar-refractivity contribution in [1.82, 2.24) is 10.2 Å². The SMILES string of the molecule is CNC(=O)CC(C)N1CCC(Br)C1=O. The van der Waals surface area contributed by atoms with E-state index in [1.165, 1.54) is 0 Å². The van der Waals surface area contributed by atoms with Gasteiger partial charge in [0.25, 0.3) is 0 Å². The van der Waals surface area contributed by atoms with E-state index in [0.29, 0.717) is 6.42 Å². The minimum Gasteiger partial charge on any atom is -0.359 e. The summed E-state index contributed by atoms with van der Waals surface area (Å²) in [6, 6.07) is -0.00926. The molecule has 1 rings (SSSR count). The molecule has 2 atom stereocenters. The van der Waals surface area contributed by atoms with E-state index >= 15 is 0 Å². The smallest absolute Gasteiger partial charge is 0.236 e. The van der Waals surface area contributed by atoms with Gasteiger partial charge in [0.1, 0.15) is 0 Å². The molecule has 1 aliphatic heterocycles. The zero-order valence-electron chi connectivity index (χ0n) is 8.42. The zero-order chi connectivity index (χ0) is 10.7. The van der Waals surface area contributed by atoms with Gasteiger partial charge in [0.15, 0.2) is 0 Å². The van der Waals surface area contributed by atoms with Crippen LogP contribution >= 0.6 is 15.9 Å². The molecule has 0 aliphatic carbocycles. The summed E-state index contributed by atoms with van der Waals surface area (Å²) in [5.41, 5.74) is 0. The van der Waals surface area contributed by atoms with Crippen molar-refractivity contribution in [1.29, 1.82) is 0 Å². The van der Waals surface area contributed by atoms with Crippen LogP contribution in [0.1, 0.15) is 19.8 Å². The summed E-state index contributed by atoms with van der Waals surface area (Å²) in [4.78, 5) is 24.4. The van der Waals surface area contributed by atoms with Crippen molar-refractivity contribution in [2.45, 2.75) is 30.6 Å². The number of nitrogens with zero attached hydrogens (tertiary/aromatic N) is 1. The molecule has 0 aromatic heterocycles. The van der Waals surface area contributed by atoms with Crippen LogP contribution in [0.4, 0.5) is 0 Å². The van der Waals surface area contributed by atoms with Crippen molar-refractivity contribution in [3.05, 3.63) is 0 Å². The number of likely N-dealkylation sites (tertiary alicyclic amines) is 1. The lowest BCUT2D eigenvalue weighted by molar-refractivity contribution is -0.130. The van der Waals surface area contributed by atoms with E-state index < -0.39 is 0 Å². The maximum Gasteiger partial charge on any atom is 0.236 e. The van der Waals surface area contributed by atoms with Crippen molar-refractivity contribution in [3.8, 4) is 0 Å². The predicted molar refractivity (Wildman–Crippen MR) is 57.2 cm³/mol. The number of hydrogen-bond acceptors (Lipinski definition) is 2. The standard InChI is InChI=1S/C9H15BrN2O2/c1-6(5-8(13)11-2)12-4-3-7(10)9(12)14/h6-7H,3-5H2,1-2H3,(H,11,13). The maximum absolute atomic E-state index is 11.6. The first kappa shape index (κ1) is 11.5. The Morgan fingerprint density at radius 1 is 1.79 bits per heavy atom. The van der Waals surface area contributed by atoms with Crippen molar-refractivity contribution in [3.63, 3.8) is 0 Å². The molecule has 0 saturated carbocycles. The molecule has 1 aliphatic rings. The normalized spacial score (nSPS) is 23.8. The van der Waals surface area contributed by atoms with Crippen LogP contribution in [-0.2, 0) is 9.59 Å². The molecule has 1 fully saturated rings. The lowest BCUT2D eigenvalue weighted by atomic mass is 10.2. The van der Waals surface area contributed by atoms with E-state index in [-0.39, 0.29) is 22.7 Å². The van der Waals surface area contributed by atoms with Gasteiger partial charge >= 0.3 is 0 Å². The summed E-state index contributed by atoms with van der Waals surface area (Å²) in [6.45, 7) is 2.64. The monoisotopic (exact) mass is 262 g/mol. The minimum atomic E-state index is -0.0605. The molecule has 0 aromatic carbocycles. The quantitative estimate of drug-likeness (QED) is 0.754. The Labute approximate surface area is 92.2 Å². The first-order chi connectivity index (χ1) is 6.56. The van der Waals surface area contributed by atoms with Gasteiger partial charge in [-0.2, -0.15) is 0 Å². The predicted octanol–water partition coefficient (Wildman–Crippen LogP) is 0.507. The van der Waals surface area contributed by atoms with Crippen LogP contribution in [0.5, 0.6) is 0 Å². The van der Waals surface area contributed by atoms with Crippen LogP contribution in [-0.4, -0.2) is 41.2 Å². The number of nitrogens with one attached hydrogen (secondary N) is 1. The third-order valence-corrected chi connectivity index (χ3v) is 3.32. The number of amides is 2. The van der Waals surface area contributed by atoms with Gasteiger partial charge < -0.3 is 10.2 Å². The summed E-state index contributed by atoms with van der Waals surface area (Å²) in [5, 5.41) is 2.56. The molecule has 0 bridgehead atoms. The van der Waals surface area contributed by atoms with Crippen molar-refractivity contribution in [2.24, 2.45) is 0 Å². The maximum atomic E-state index is 11.6. The molecule has 1 N–H and O–H groups in total. The Bertz CT molecular complexity index is 245. The lowest BCUT2D eigenvalue weighted by Crippen LogP contribution is -2.38. The van der Waals surface area contributed by atoms with Crippen molar-refractivity contribution in [2.75, 3.05) is 13.6 Å². The highest BCUT2D eigenvalue weighted by molar-refractivity contribution is 9.10. The third-order valence-electron chi connectivity index (χ3n) is 2.47. The highest BCUT2D eigenvalue weighted by Gasteiger charge is 2.32. The highest BCUT2D eigenvalue weighted by Crippen LogP contribution is 2.21. The summed E-state index contributed by atoms with van der Waals surface area (Å²) >= 11 is 3.30. The molecule has 14 heavy (non-hydrogen) atoms. The molecule has 0 aromatic rings. The van der Waals surface area contributed by atoms with E-state index in [4.69, 9.17) is 0 Å². The van der Waals surface area contributed by atoms with Crippen molar-refractivity contribution < 1.29 is 9.59 Å². The molecule has 1 saturated heterocycles. The molecule has 1 heterocycles. The topological polar surface area (TPSA) is 49.4 Å². The number of carbonyl (C=O) groups excluding carboxylic acids is 2. The second-order valence-corrected chi connectivity index (χ2v) is 4.62. The first-order valence-electron chi connectivity index (χ1n) is 4.71. The van der Waals surface area contributed by atoms with Gasteiger partial charge in [0.2, 0.25) is 11.8 Å². The summed E-state index contributed by atoms with van der Waals surface area (Å²) < 4.78 is 0. The van der Waals surface area contributed by atoms with Crippen molar-refractivity contribution >= 4 is 27.7 Å². The number of hydrogen-bond donors (Lipinski definition) is 1. The number of alkyl halides is 1. The highest BCUT2D eigenvalue weighted by atomic mass is 79.9. The zero-order valence-corrected chi connectivity index (χ0v) is 10.0. The van der Waals surface area contributed by atoms with Gasteiger partial charge in [-0.05, 0) is 13.3 Å². The molecule has 80 valence electrons. The van der Waals surface area contributed by atoms with Crippen LogP contribution in [0.25, 0.3) is 0 Å². The summed E-state index contributed by atoms with van der Waals surface area (Å²) in [6.07, 6.45) is 1.21. The van der Waals surface area contributed by atoms with E-state index in [9.17, 15) is 9.59 Å². The van der Waals surface area contributed by atoms with Gasteiger partial charge in [0, 0.05) is 26.1 Å². The summed E-state index contributed by atoms with van der Waals surface area (Å²) in [7, 11) is 1.61. The number of rotatable bonds is 3. The van der Waals surface area contributed by atoms with Gasteiger partial charge in [-0.25, -0.2) is 0 Å². The number of carbonyl (C=O) groups is 2. The third kappa shape index (κ3) is 2.47. The molecular weight excluding hydrogens is 248 g/mol. The Kier molecular flexibility index (Phi) is 3.92. The molecule has 4 nitrogen and oxygen atoms in total. The van der Waals surface area contributed by atoms with E-state index in [0.717, 1.165) is 13.0 Å². The van der Waals surface area contributed by atoms with E-state index in [1.54, 1.807) is 11.9 Å². The molecule has 2 amide bonds. The van der Waals surface area contributed by atoms with E-state index in [2.05, 4.69) is 21.2 Å². The fourth-order valence-electron chi connectivity index (χ4n) is 1.58. The molecule has 5 heteroatoms. The van der Waals surface area contributed by atoms with Gasteiger partial charge in [-0.1, -0.05) is 15.9 Å². The van der Waals surface area contributed by atoms with Gasteiger partial charge in [-0.3, -0.25) is 9.59 Å². The van der Waals surface area contributed by atoms with Gasteiger partial charge in [-0.15, -0.1) is 0 Å². The van der Waals surface area contributed by atoms with E-state index in [1.807, 2.05) is 6.92 Å². The molecule has 0 radical (unpaired) electrons.